The highest BCUT2D eigenvalue weighted by Crippen LogP contribution is 2.29. The van der Waals surface area contributed by atoms with Crippen LogP contribution in [0.5, 0.6) is 11.5 Å². The standard InChI is InChI=1S/C15H12ClFN2O2.C12H10ClFN2O2/c1-4-5-21-14-7-13(12(17)6-11(14)16)19-15(20)10(3)9(2)8-18-19;1-6-5-15-16(12(18)7(6)2)10-4-11(17)8(13)3-9(10)14/h1,6-8H,5H2,2-3H3;3-5,17H,1-2H3. The fraction of sp³-hybridized carbons (Fsp3) is 0.185. The van der Waals surface area contributed by atoms with Crippen molar-refractivity contribution in [3.63, 3.8) is 0 Å². The van der Waals surface area contributed by atoms with Gasteiger partial charge in [-0.1, -0.05) is 29.1 Å². The van der Waals surface area contributed by atoms with Gasteiger partial charge in [0.05, 0.1) is 22.4 Å². The molecule has 39 heavy (non-hydrogen) atoms. The van der Waals surface area contributed by atoms with E-state index in [4.69, 9.17) is 34.4 Å². The number of rotatable bonds is 4. The number of aryl methyl sites for hydroxylation is 2. The number of halogens is 4. The second kappa shape index (κ2) is 12.1. The second-order valence-electron chi connectivity index (χ2n) is 8.32. The van der Waals surface area contributed by atoms with Crippen molar-refractivity contribution in [1.29, 1.82) is 0 Å². The molecule has 0 bridgehead atoms. The number of terminal acetylenes is 1. The van der Waals surface area contributed by atoms with Crippen LogP contribution in [-0.2, 0) is 0 Å². The van der Waals surface area contributed by atoms with Gasteiger partial charge in [0, 0.05) is 23.3 Å². The van der Waals surface area contributed by atoms with E-state index in [9.17, 15) is 23.5 Å². The van der Waals surface area contributed by atoms with Crippen LogP contribution in [0.1, 0.15) is 22.3 Å². The van der Waals surface area contributed by atoms with E-state index in [0.717, 1.165) is 38.7 Å². The minimum atomic E-state index is -0.726. The maximum atomic E-state index is 14.1. The van der Waals surface area contributed by atoms with Crippen molar-refractivity contribution in [3.05, 3.63) is 101 Å². The van der Waals surface area contributed by atoms with Crippen molar-refractivity contribution in [3.8, 4) is 35.2 Å². The van der Waals surface area contributed by atoms with Crippen LogP contribution in [0.25, 0.3) is 11.4 Å². The number of aromatic hydroxyl groups is 1. The zero-order valence-corrected chi connectivity index (χ0v) is 22.7. The summed E-state index contributed by atoms with van der Waals surface area (Å²) in [6.45, 7) is 6.76. The normalized spacial score (nSPS) is 10.4. The molecule has 0 saturated heterocycles. The highest BCUT2D eigenvalue weighted by Gasteiger charge is 2.15. The zero-order valence-electron chi connectivity index (χ0n) is 21.2. The summed E-state index contributed by atoms with van der Waals surface area (Å²) in [5.74, 6) is 0.772. The summed E-state index contributed by atoms with van der Waals surface area (Å²) >= 11 is 11.5. The number of phenols is 1. The van der Waals surface area contributed by atoms with Gasteiger partial charge in [-0.25, -0.2) is 8.78 Å². The summed E-state index contributed by atoms with van der Waals surface area (Å²) in [4.78, 5) is 24.1. The van der Waals surface area contributed by atoms with E-state index in [-0.39, 0.29) is 39.5 Å². The first-order chi connectivity index (χ1) is 18.4. The number of aromatic nitrogens is 4. The van der Waals surface area contributed by atoms with Gasteiger partial charge in [0.15, 0.2) is 11.6 Å². The van der Waals surface area contributed by atoms with E-state index >= 15 is 0 Å². The van der Waals surface area contributed by atoms with E-state index < -0.39 is 22.8 Å². The summed E-state index contributed by atoms with van der Waals surface area (Å²) in [5.41, 5.74) is 1.40. The molecule has 4 rings (SSSR count). The summed E-state index contributed by atoms with van der Waals surface area (Å²) in [7, 11) is 0. The molecule has 0 fully saturated rings. The van der Waals surface area contributed by atoms with Crippen LogP contribution in [0, 0.1) is 51.7 Å². The molecule has 4 aromatic rings. The van der Waals surface area contributed by atoms with Crippen LogP contribution in [0.3, 0.4) is 0 Å². The highest BCUT2D eigenvalue weighted by atomic mass is 35.5. The molecule has 12 heteroatoms. The van der Waals surface area contributed by atoms with Crippen LogP contribution in [0.2, 0.25) is 10.0 Å². The van der Waals surface area contributed by atoms with Gasteiger partial charge >= 0.3 is 0 Å². The maximum Gasteiger partial charge on any atom is 0.274 e. The average molecular weight is 575 g/mol. The van der Waals surface area contributed by atoms with Crippen LogP contribution in [0.15, 0.2) is 46.2 Å². The van der Waals surface area contributed by atoms with E-state index in [2.05, 4.69) is 16.1 Å². The number of hydrogen-bond acceptors (Lipinski definition) is 6. The van der Waals surface area contributed by atoms with E-state index in [1.54, 1.807) is 27.7 Å². The fourth-order valence-electron chi connectivity index (χ4n) is 3.19. The lowest BCUT2D eigenvalue weighted by atomic mass is 10.2. The van der Waals surface area contributed by atoms with Crippen molar-refractivity contribution in [2.24, 2.45) is 0 Å². The van der Waals surface area contributed by atoms with Gasteiger partial charge in [0.1, 0.15) is 29.5 Å². The summed E-state index contributed by atoms with van der Waals surface area (Å²) in [6, 6.07) is 4.38. The molecule has 8 nitrogen and oxygen atoms in total. The molecule has 2 aromatic heterocycles. The van der Waals surface area contributed by atoms with Crippen LogP contribution < -0.4 is 15.9 Å². The molecule has 0 spiro atoms. The first kappa shape index (κ1) is 29.4. The Hall–Kier alpha value is -4.20. The predicted octanol–water partition coefficient (Wildman–Crippen LogP) is 5.00. The highest BCUT2D eigenvalue weighted by molar-refractivity contribution is 6.32. The number of ether oxygens (including phenoxy) is 1. The molecule has 2 heterocycles. The smallest absolute Gasteiger partial charge is 0.274 e. The van der Waals surface area contributed by atoms with Gasteiger partial charge in [-0.3, -0.25) is 9.59 Å². The number of nitrogens with zero attached hydrogens (tertiary/aromatic N) is 4. The van der Waals surface area contributed by atoms with E-state index in [1.165, 1.54) is 18.5 Å². The summed E-state index contributed by atoms with van der Waals surface area (Å²) in [6.07, 6.45) is 8.06. The van der Waals surface area contributed by atoms with Crippen LogP contribution >= 0.6 is 23.2 Å². The van der Waals surface area contributed by atoms with E-state index in [1.807, 2.05) is 0 Å². The Morgan fingerprint density at radius 2 is 1.33 bits per heavy atom. The third-order valence-corrected chi connectivity index (χ3v) is 6.33. The minimum absolute atomic E-state index is 0.0138. The topological polar surface area (TPSA) is 99.2 Å². The predicted molar refractivity (Wildman–Crippen MR) is 145 cm³/mol. The minimum Gasteiger partial charge on any atom is -0.506 e. The lowest BCUT2D eigenvalue weighted by Crippen LogP contribution is -2.24. The number of phenolic OH excluding ortho intramolecular Hbond substituents is 1. The van der Waals surface area contributed by atoms with Crippen molar-refractivity contribution >= 4 is 23.2 Å². The first-order valence-electron chi connectivity index (χ1n) is 11.2. The Labute approximate surface area is 232 Å². The molecule has 1 N–H and O–H groups in total. The van der Waals surface area contributed by atoms with Gasteiger partial charge in [0.25, 0.3) is 11.1 Å². The molecule has 0 aliphatic heterocycles. The van der Waals surface area contributed by atoms with Gasteiger partial charge in [-0.15, -0.1) is 6.42 Å². The van der Waals surface area contributed by atoms with Crippen molar-refractivity contribution in [1.82, 2.24) is 19.6 Å². The molecular formula is C27H22Cl2F2N4O4. The van der Waals surface area contributed by atoms with Crippen LogP contribution in [-0.4, -0.2) is 31.3 Å². The maximum absolute atomic E-state index is 14.1. The SMILES string of the molecule is C#CCOc1cc(-n2ncc(C)c(C)c2=O)c(F)cc1Cl.Cc1cnn(-c2cc(O)c(Cl)cc2F)c(=O)c1C. The van der Waals surface area contributed by atoms with Gasteiger partial charge in [0.2, 0.25) is 0 Å². The van der Waals surface area contributed by atoms with E-state index in [0.29, 0.717) is 11.1 Å². The molecule has 202 valence electrons. The third kappa shape index (κ3) is 6.28. The lowest BCUT2D eigenvalue weighted by molar-refractivity contribution is 0.369. The summed E-state index contributed by atoms with van der Waals surface area (Å²) < 4.78 is 34.9. The monoisotopic (exact) mass is 574 g/mol. The van der Waals surface area contributed by atoms with Crippen molar-refractivity contribution in [2.75, 3.05) is 6.61 Å². The quantitative estimate of drug-likeness (QED) is 0.344. The zero-order chi connectivity index (χ0) is 29.0. The molecule has 2 aromatic carbocycles. The van der Waals surface area contributed by atoms with Gasteiger partial charge < -0.3 is 9.84 Å². The number of hydrogen-bond donors (Lipinski definition) is 1. The molecule has 0 aliphatic rings. The van der Waals surface area contributed by atoms with Gasteiger partial charge in [-0.2, -0.15) is 19.6 Å². The van der Waals surface area contributed by atoms with Crippen LogP contribution in [0.4, 0.5) is 8.78 Å². The Morgan fingerprint density at radius 1 is 0.872 bits per heavy atom. The Kier molecular flexibility index (Phi) is 9.11. The van der Waals surface area contributed by atoms with Crippen molar-refractivity contribution in [2.45, 2.75) is 27.7 Å². The molecule has 0 saturated carbocycles. The molecule has 0 atom stereocenters. The van der Waals surface area contributed by atoms with Crippen molar-refractivity contribution < 1.29 is 18.6 Å². The molecule has 0 amide bonds. The van der Waals surface area contributed by atoms with Gasteiger partial charge in [-0.05, 0) is 51.0 Å². The molecular weight excluding hydrogens is 553 g/mol. The molecule has 0 unspecified atom stereocenters. The lowest BCUT2D eigenvalue weighted by Gasteiger charge is -2.11. The average Bonchev–Trinajstić information content (AvgIpc) is 2.89. The second-order valence-corrected chi connectivity index (χ2v) is 9.14. The Balaban J connectivity index is 0.000000218. The Bertz CT molecular complexity index is 1730. The first-order valence-corrected chi connectivity index (χ1v) is 12.0. The summed E-state index contributed by atoms with van der Waals surface area (Å²) in [5, 5.41) is 17.2. The molecule has 0 radical (unpaired) electrons. The third-order valence-electron chi connectivity index (χ3n) is 5.73. The number of benzene rings is 2. The largest absolute Gasteiger partial charge is 0.506 e. The Morgan fingerprint density at radius 3 is 1.82 bits per heavy atom. The molecule has 0 aliphatic carbocycles. The fourth-order valence-corrected chi connectivity index (χ4v) is 3.54.